The number of carbonyl (C=O) groups excluding carboxylic acids is 3. The summed E-state index contributed by atoms with van der Waals surface area (Å²) < 4.78 is 5.58. The van der Waals surface area contributed by atoms with E-state index in [0.29, 0.717) is 15.8 Å². The summed E-state index contributed by atoms with van der Waals surface area (Å²) >= 11 is 8.83. The van der Waals surface area contributed by atoms with Crippen LogP contribution in [0.4, 0.5) is 5.13 Å². The first-order valence-electron chi connectivity index (χ1n) is 15.9. The molecule has 258 valence electrons. The molecule has 10 nitrogen and oxygen atoms in total. The molecule has 1 fully saturated rings. The lowest BCUT2D eigenvalue weighted by atomic mass is 9.77. The lowest BCUT2D eigenvalue weighted by Crippen LogP contribution is -2.73. The second kappa shape index (κ2) is 14.7. The Hall–Kier alpha value is -4.65. The van der Waals surface area contributed by atoms with E-state index in [4.69, 9.17) is 26.2 Å². The highest BCUT2D eigenvalue weighted by Crippen LogP contribution is 2.42. The zero-order valence-corrected chi connectivity index (χ0v) is 30.3. The second-order valence-corrected chi connectivity index (χ2v) is 14.8. The van der Waals surface area contributed by atoms with Gasteiger partial charge in [-0.15, -0.1) is 34.7 Å². The average molecular weight is 730 g/mol. The highest BCUT2D eigenvalue weighted by Gasteiger charge is 2.54. The summed E-state index contributed by atoms with van der Waals surface area (Å²) in [5, 5.41) is 12.8. The molecule has 0 radical (unpaired) electrons. The third kappa shape index (κ3) is 6.87. The molecule has 1 saturated heterocycles. The fourth-order valence-electron chi connectivity index (χ4n) is 6.07. The number of benzene rings is 3. The van der Waals surface area contributed by atoms with Gasteiger partial charge < -0.3 is 20.2 Å². The SMILES string of the molecule is CON=C(C(=O)N[C@@H]1C(=O)N2C(C(=O)OC(C)(C)C)=C(CCl)SC[C@H]12)c1csc(NC(c2ccccc2)(c2ccccc2)c2ccccc2)n1. The van der Waals surface area contributed by atoms with Crippen LogP contribution >= 0.6 is 34.7 Å². The Labute approximate surface area is 303 Å². The van der Waals surface area contributed by atoms with Crippen molar-refractivity contribution in [2.24, 2.45) is 5.16 Å². The number of thioether (sulfide) groups is 1. The van der Waals surface area contributed by atoms with Crippen molar-refractivity contribution in [1.29, 1.82) is 0 Å². The fourth-order valence-corrected chi connectivity index (χ4v) is 8.28. The van der Waals surface area contributed by atoms with E-state index in [1.165, 1.54) is 35.1 Å². The molecule has 3 heterocycles. The van der Waals surface area contributed by atoms with Gasteiger partial charge >= 0.3 is 5.97 Å². The molecular formula is C37H36ClN5O5S2. The van der Waals surface area contributed by atoms with Crippen LogP contribution in [0.3, 0.4) is 0 Å². The van der Waals surface area contributed by atoms with Gasteiger partial charge in [-0.25, -0.2) is 9.78 Å². The third-order valence-electron chi connectivity index (χ3n) is 8.21. The van der Waals surface area contributed by atoms with Crippen molar-refractivity contribution < 1.29 is 24.0 Å². The molecule has 2 amide bonds. The fraction of sp³-hybridized carbons (Fsp3) is 0.270. The summed E-state index contributed by atoms with van der Waals surface area (Å²) in [6, 6.07) is 28.9. The largest absolute Gasteiger partial charge is 0.455 e. The minimum absolute atomic E-state index is 0.0533. The number of ether oxygens (including phenoxy) is 1. The Bertz CT molecular complexity index is 1830. The number of aromatic nitrogens is 1. The van der Waals surface area contributed by atoms with Gasteiger partial charge in [0.15, 0.2) is 10.8 Å². The number of nitrogens with one attached hydrogen (secondary N) is 2. The predicted octanol–water partition coefficient (Wildman–Crippen LogP) is 6.13. The van der Waals surface area contributed by atoms with Gasteiger partial charge in [0.2, 0.25) is 0 Å². The van der Waals surface area contributed by atoms with E-state index in [-0.39, 0.29) is 23.0 Å². The van der Waals surface area contributed by atoms with Gasteiger partial charge in [0.25, 0.3) is 11.8 Å². The van der Waals surface area contributed by atoms with Crippen molar-refractivity contribution in [2.45, 2.75) is 44.0 Å². The van der Waals surface area contributed by atoms with Crippen LogP contribution in [0.1, 0.15) is 43.2 Å². The number of halogens is 1. The summed E-state index contributed by atoms with van der Waals surface area (Å²) in [6.45, 7) is 5.25. The molecule has 2 aliphatic rings. The first-order valence-corrected chi connectivity index (χ1v) is 18.3. The number of thiazole rings is 1. The second-order valence-electron chi connectivity index (χ2n) is 12.6. The van der Waals surface area contributed by atoms with Crippen molar-refractivity contribution in [3.8, 4) is 0 Å². The molecule has 50 heavy (non-hydrogen) atoms. The Kier molecular flexibility index (Phi) is 10.3. The summed E-state index contributed by atoms with van der Waals surface area (Å²) in [6.07, 6.45) is 0. The number of anilines is 1. The molecule has 0 aliphatic carbocycles. The van der Waals surface area contributed by atoms with Crippen molar-refractivity contribution in [2.75, 3.05) is 24.1 Å². The Morgan fingerprint density at radius 2 is 1.52 bits per heavy atom. The van der Waals surface area contributed by atoms with E-state index in [9.17, 15) is 14.4 Å². The van der Waals surface area contributed by atoms with Gasteiger partial charge in [-0.1, -0.05) is 96.2 Å². The molecule has 13 heteroatoms. The number of alkyl halides is 1. The molecule has 2 aliphatic heterocycles. The molecule has 0 spiro atoms. The molecular weight excluding hydrogens is 694 g/mol. The Morgan fingerprint density at radius 1 is 0.960 bits per heavy atom. The zero-order chi connectivity index (χ0) is 35.5. The number of esters is 1. The number of oxime groups is 1. The number of carbonyl (C=O) groups is 3. The molecule has 0 bridgehead atoms. The van der Waals surface area contributed by atoms with Crippen LogP contribution in [0.25, 0.3) is 0 Å². The zero-order valence-electron chi connectivity index (χ0n) is 27.9. The van der Waals surface area contributed by atoms with E-state index < -0.39 is 41.0 Å². The quantitative estimate of drug-likeness (QED) is 0.0472. The summed E-state index contributed by atoms with van der Waals surface area (Å²) in [5.41, 5.74) is 1.67. The maximum absolute atomic E-state index is 13.8. The van der Waals surface area contributed by atoms with Crippen LogP contribution in [0.15, 0.2) is 112 Å². The summed E-state index contributed by atoms with van der Waals surface area (Å²) in [7, 11) is 1.34. The normalized spacial score (nSPS) is 17.8. The minimum atomic E-state index is -0.899. The highest BCUT2D eigenvalue weighted by atomic mass is 35.5. The number of fused-ring (bicyclic) bond motifs is 1. The van der Waals surface area contributed by atoms with E-state index in [0.717, 1.165) is 16.7 Å². The third-order valence-corrected chi connectivity index (χ3v) is 10.6. The number of amides is 2. The van der Waals surface area contributed by atoms with Crippen molar-refractivity contribution in [1.82, 2.24) is 15.2 Å². The first-order chi connectivity index (χ1) is 24.1. The lowest BCUT2D eigenvalue weighted by Gasteiger charge is -2.50. The molecule has 6 rings (SSSR count). The molecule has 0 saturated carbocycles. The van der Waals surface area contributed by atoms with Gasteiger partial charge in [0, 0.05) is 16.0 Å². The van der Waals surface area contributed by atoms with Crippen LogP contribution in [0.5, 0.6) is 0 Å². The summed E-state index contributed by atoms with van der Waals surface area (Å²) in [4.78, 5) is 52.2. The topological polar surface area (TPSA) is 122 Å². The highest BCUT2D eigenvalue weighted by molar-refractivity contribution is 8.03. The maximum atomic E-state index is 13.8. The van der Waals surface area contributed by atoms with Crippen molar-refractivity contribution in [3.05, 3.63) is 129 Å². The number of rotatable bonds is 11. The van der Waals surface area contributed by atoms with E-state index in [2.05, 4.69) is 52.2 Å². The number of β-lactam (4-membered cyclic amide) rings is 1. The lowest BCUT2D eigenvalue weighted by molar-refractivity contribution is -0.160. The standard InChI is InChI=1S/C37H36ClN5O5S2/c1-36(2,3)48-34(46)31-28(20-38)49-22-27-30(33(45)43(27)31)40-32(44)29(42-47-4)26-21-50-35(39-26)41-37(23-14-8-5-9-15-23,24-16-10-6-11-17-24)25-18-12-7-13-19-25/h5-19,21,27,30H,20,22H2,1-4H3,(H,39,41)(H,40,44)/t27-,30+/m1/s1. The number of nitrogens with zero attached hydrogens (tertiary/aromatic N) is 3. The minimum Gasteiger partial charge on any atom is -0.455 e. The number of hydrogen-bond acceptors (Lipinski definition) is 10. The Balaban J connectivity index is 1.27. The van der Waals surface area contributed by atoms with Gasteiger partial charge in [0.05, 0.1) is 11.9 Å². The van der Waals surface area contributed by atoms with Crippen molar-refractivity contribution in [3.63, 3.8) is 0 Å². The smallest absolute Gasteiger partial charge is 0.356 e. The van der Waals surface area contributed by atoms with E-state index in [1.54, 1.807) is 26.2 Å². The molecule has 2 atom stereocenters. The Morgan fingerprint density at radius 3 is 2.02 bits per heavy atom. The first kappa shape index (κ1) is 35.2. The van der Waals surface area contributed by atoms with Crippen molar-refractivity contribution >= 4 is 63.3 Å². The van der Waals surface area contributed by atoms with Crippen LogP contribution in [-0.4, -0.2) is 69.8 Å². The molecule has 0 unspecified atom stereocenters. The monoisotopic (exact) mass is 729 g/mol. The number of allylic oxidation sites excluding steroid dienone is 1. The molecule has 3 aromatic carbocycles. The van der Waals surface area contributed by atoms with Gasteiger partial charge in [-0.05, 0) is 37.5 Å². The molecule has 1 aromatic heterocycles. The van der Waals surface area contributed by atoms with E-state index in [1.807, 2.05) is 54.6 Å². The maximum Gasteiger partial charge on any atom is 0.356 e. The average Bonchev–Trinajstić information content (AvgIpc) is 3.59. The van der Waals surface area contributed by atoms with Gasteiger partial charge in [0.1, 0.15) is 35.7 Å². The van der Waals surface area contributed by atoms with Gasteiger partial charge in [-0.3, -0.25) is 14.5 Å². The predicted molar refractivity (Wildman–Crippen MR) is 197 cm³/mol. The van der Waals surface area contributed by atoms with Crippen LogP contribution < -0.4 is 10.6 Å². The van der Waals surface area contributed by atoms with Crippen LogP contribution in [-0.2, 0) is 29.5 Å². The van der Waals surface area contributed by atoms with Gasteiger partial charge in [-0.2, -0.15) is 0 Å². The summed E-state index contributed by atoms with van der Waals surface area (Å²) in [5.74, 6) is -1.23. The van der Waals surface area contributed by atoms with Crippen LogP contribution in [0, 0.1) is 0 Å². The van der Waals surface area contributed by atoms with Crippen LogP contribution in [0.2, 0.25) is 0 Å². The molecule has 2 N–H and O–H groups in total. The molecule has 4 aromatic rings. The van der Waals surface area contributed by atoms with E-state index >= 15 is 0 Å². The number of hydrogen-bond donors (Lipinski definition) is 2.